The monoisotopic (exact) mass is 220 g/mol. The molecule has 0 aromatic heterocycles. The topological polar surface area (TPSA) is 20.2 Å². The molecule has 1 aromatic rings. The Kier molecular flexibility index (Phi) is 4.01. The molecule has 1 rings (SSSR count). The molecule has 0 bridgehead atoms. The van der Waals surface area contributed by atoms with Crippen molar-refractivity contribution in [2.45, 2.75) is 47.0 Å². The van der Waals surface area contributed by atoms with Crippen molar-refractivity contribution in [3.05, 3.63) is 29.8 Å². The minimum absolute atomic E-state index is 0.283. The maximum atomic E-state index is 9.30. The van der Waals surface area contributed by atoms with Crippen LogP contribution in [-0.4, -0.2) is 5.11 Å². The van der Waals surface area contributed by atoms with Gasteiger partial charge in [-0.2, -0.15) is 0 Å². The van der Waals surface area contributed by atoms with Gasteiger partial charge in [-0.3, -0.25) is 0 Å². The van der Waals surface area contributed by atoms with E-state index < -0.39 is 0 Å². The van der Waals surface area contributed by atoms with Gasteiger partial charge in [0.25, 0.3) is 0 Å². The van der Waals surface area contributed by atoms with Crippen LogP contribution in [0.1, 0.15) is 52.5 Å². The van der Waals surface area contributed by atoms with E-state index in [9.17, 15) is 5.11 Å². The molecule has 1 heteroatoms. The van der Waals surface area contributed by atoms with E-state index >= 15 is 0 Å². The molecule has 90 valence electrons. The highest BCUT2D eigenvalue weighted by molar-refractivity contribution is 5.29. The Morgan fingerprint density at radius 3 is 2.06 bits per heavy atom. The van der Waals surface area contributed by atoms with Gasteiger partial charge in [-0.15, -0.1) is 0 Å². The first-order valence-corrected chi connectivity index (χ1v) is 6.18. The smallest absolute Gasteiger partial charge is 0.115 e. The van der Waals surface area contributed by atoms with Crippen LogP contribution in [0.3, 0.4) is 0 Å². The minimum Gasteiger partial charge on any atom is -0.508 e. The van der Waals surface area contributed by atoms with Crippen LogP contribution in [0.15, 0.2) is 24.3 Å². The highest BCUT2D eigenvalue weighted by Gasteiger charge is 2.31. The third-order valence-electron chi connectivity index (χ3n) is 4.39. The first kappa shape index (κ1) is 13.1. The zero-order valence-corrected chi connectivity index (χ0v) is 11.1. The van der Waals surface area contributed by atoms with E-state index in [1.807, 2.05) is 12.1 Å². The van der Waals surface area contributed by atoms with E-state index in [-0.39, 0.29) is 5.41 Å². The maximum absolute atomic E-state index is 9.30. The van der Waals surface area contributed by atoms with E-state index in [1.54, 1.807) is 12.1 Å². The first-order valence-electron chi connectivity index (χ1n) is 6.18. The molecule has 1 nitrogen and oxygen atoms in total. The molecular formula is C15H24O. The lowest BCUT2D eigenvalue weighted by Crippen LogP contribution is -2.27. The lowest BCUT2D eigenvalue weighted by atomic mass is 9.67. The van der Waals surface area contributed by atoms with E-state index in [2.05, 4.69) is 34.6 Å². The average Bonchev–Trinajstić information content (AvgIpc) is 2.28. The zero-order chi connectivity index (χ0) is 12.3. The van der Waals surface area contributed by atoms with Gasteiger partial charge >= 0.3 is 0 Å². The molecule has 0 spiro atoms. The Morgan fingerprint density at radius 2 is 1.62 bits per heavy atom. The lowest BCUT2D eigenvalue weighted by molar-refractivity contribution is 0.183. The van der Waals surface area contributed by atoms with Gasteiger partial charge in [0.1, 0.15) is 5.75 Å². The highest BCUT2D eigenvalue weighted by Crippen LogP contribution is 2.42. The molecule has 0 amide bonds. The number of phenolic OH excluding ortho intramolecular Hbond substituents is 1. The SMILES string of the molecule is CCC(C)C(C)(C)C(C)c1ccc(O)cc1. The van der Waals surface area contributed by atoms with Crippen molar-refractivity contribution in [1.82, 2.24) is 0 Å². The summed E-state index contributed by atoms with van der Waals surface area (Å²) >= 11 is 0. The van der Waals surface area contributed by atoms with Crippen molar-refractivity contribution in [2.24, 2.45) is 11.3 Å². The molecule has 0 saturated heterocycles. The fraction of sp³-hybridized carbons (Fsp3) is 0.600. The van der Waals surface area contributed by atoms with Crippen LogP contribution in [0.25, 0.3) is 0 Å². The third-order valence-corrected chi connectivity index (χ3v) is 4.39. The van der Waals surface area contributed by atoms with Gasteiger partial charge in [0.2, 0.25) is 0 Å². The molecule has 0 aliphatic carbocycles. The molecule has 1 aromatic carbocycles. The largest absolute Gasteiger partial charge is 0.508 e. The maximum Gasteiger partial charge on any atom is 0.115 e. The number of hydrogen-bond donors (Lipinski definition) is 1. The highest BCUT2D eigenvalue weighted by atomic mass is 16.3. The second kappa shape index (κ2) is 4.90. The van der Waals surface area contributed by atoms with Gasteiger partial charge in [0.15, 0.2) is 0 Å². The fourth-order valence-electron chi connectivity index (χ4n) is 2.15. The molecule has 1 N–H and O–H groups in total. The van der Waals surface area contributed by atoms with Gasteiger partial charge in [0.05, 0.1) is 0 Å². The molecule has 0 aliphatic rings. The van der Waals surface area contributed by atoms with E-state index in [4.69, 9.17) is 0 Å². The van der Waals surface area contributed by atoms with Crippen LogP contribution in [0.4, 0.5) is 0 Å². The zero-order valence-electron chi connectivity index (χ0n) is 11.1. The van der Waals surface area contributed by atoms with Crippen molar-refractivity contribution in [2.75, 3.05) is 0 Å². The van der Waals surface area contributed by atoms with Crippen molar-refractivity contribution in [3.8, 4) is 5.75 Å². The number of phenols is 1. The van der Waals surface area contributed by atoms with Crippen LogP contribution < -0.4 is 0 Å². The van der Waals surface area contributed by atoms with Crippen LogP contribution in [-0.2, 0) is 0 Å². The summed E-state index contributed by atoms with van der Waals surface area (Å²) in [6.07, 6.45) is 1.20. The molecule has 2 unspecified atom stereocenters. The van der Waals surface area contributed by atoms with Gasteiger partial charge in [0, 0.05) is 0 Å². The second-order valence-electron chi connectivity index (χ2n) is 5.44. The predicted octanol–water partition coefficient (Wildman–Crippen LogP) is 4.57. The molecule has 0 saturated carbocycles. The van der Waals surface area contributed by atoms with Crippen molar-refractivity contribution >= 4 is 0 Å². The van der Waals surface area contributed by atoms with E-state index in [1.165, 1.54) is 12.0 Å². The number of benzene rings is 1. The fourth-order valence-corrected chi connectivity index (χ4v) is 2.15. The second-order valence-corrected chi connectivity index (χ2v) is 5.44. The van der Waals surface area contributed by atoms with E-state index in [0.717, 1.165) is 0 Å². The molecule has 0 fully saturated rings. The van der Waals surface area contributed by atoms with Crippen molar-refractivity contribution in [1.29, 1.82) is 0 Å². The Labute approximate surface area is 99.5 Å². The lowest BCUT2D eigenvalue weighted by Gasteiger charge is -2.37. The summed E-state index contributed by atoms with van der Waals surface area (Å²) in [5.74, 6) is 1.54. The molecule has 0 heterocycles. The van der Waals surface area contributed by atoms with Crippen LogP contribution in [0.2, 0.25) is 0 Å². The standard InChI is InChI=1S/C15H24O/c1-6-11(2)15(4,5)12(3)13-7-9-14(16)10-8-13/h7-12,16H,6H2,1-5H3. The van der Waals surface area contributed by atoms with Crippen molar-refractivity contribution < 1.29 is 5.11 Å². The molecule has 0 aliphatic heterocycles. The number of aromatic hydroxyl groups is 1. The summed E-state index contributed by atoms with van der Waals surface area (Å²) in [6.45, 7) is 11.5. The summed E-state index contributed by atoms with van der Waals surface area (Å²) in [5.41, 5.74) is 1.59. The molecule has 0 radical (unpaired) electrons. The van der Waals surface area contributed by atoms with Crippen LogP contribution in [0, 0.1) is 11.3 Å². The Bertz CT molecular complexity index is 324. The number of hydrogen-bond acceptors (Lipinski definition) is 1. The molecular weight excluding hydrogens is 196 g/mol. The number of rotatable bonds is 4. The predicted molar refractivity (Wildman–Crippen MR) is 69.8 cm³/mol. The quantitative estimate of drug-likeness (QED) is 0.788. The van der Waals surface area contributed by atoms with Crippen LogP contribution >= 0.6 is 0 Å². The Hall–Kier alpha value is -0.980. The van der Waals surface area contributed by atoms with E-state index in [0.29, 0.717) is 17.6 Å². The summed E-state index contributed by atoms with van der Waals surface area (Å²) in [7, 11) is 0. The third kappa shape index (κ3) is 2.58. The first-order chi connectivity index (χ1) is 7.39. The molecule has 2 atom stereocenters. The Balaban J connectivity index is 2.92. The summed E-state index contributed by atoms with van der Waals surface area (Å²) < 4.78 is 0. The molecule has 16 heavy (non-hydrogen) atoms. The van der Waals surface area contributed by atoms with Gasteiger partial charge < -0.3 is 5.11 Å². The van der Waals surface area contributed by atoms with Crippen molar-refractivity contribution in [3.63, 3.8) is 0 Å². The van der Waals surface area contributed by atoms with Crippen LogP contribution in [0.5, 0.6) is 5.75 Å². The van der Waals surface area contributed by atoms with Gasteiger partial charge in [-0.05, 0) is 34.9 Å². The normalized spacial score (nSPS) is 15.8. The summed E-state index contributed by atoms with van der Waals surface area (Å²) in [5, 5.41) is 9.30. The average molecular weight is 220 g/mol. The summed E-state index contributed by atoms with van der Waals surface area (Å²) in [6, 6.07) is 7.62. The summed E-state index contributed by atoms with van der Waals surface area (Å²) in [4.78, 5) is 0. The Morgan fingerprint density at radius 1 is 1.12 bits per heavy atom. The van der Waals surface area contributed by atoms with Gasteiger partial charge in [-0.1, -0.05) is 53.2 Å². The minimum atomic E-state index is 0.283. The van der Waals surface area contributed by atoms with Gasteiger partial charge in [-0.25, -0.2) is 0 Å².